The topological polar surface area (TPSA) is 90.7 Å². The molecule has 7 heteroatoms. The maximum absolute atomic E-state index is 11.4. The lowest BCUT2D eigenvalue weighted by Gasteiger charge is -2.14. The number of hydrogen-bond acceptors (Lipinski definition) is 5. The Morgan fingerprint density at radius 2 is 2.07 bits per heavy atom. The zero-order valence-corrected chi connectivity index (χ0v) is 10.0. The van der Waals surface area contributed by atoms with E-state index in [1.54, 1.807) is 0 Å². The van der Waals surface area contributed by atoms with Crippen LogP contribution in [-0.4, -0.2) is 54.2 Å². The molecule has 0 radical (unpaired) electrons. The molecule has 0 heterocycles. The molecule has 0 saturated carbocycles. The number of nitrogens with two attached hydrogens (primary N) is 1. The van der Waals surface area contributed by atoms with Crippen molar-refractivity contribution in [2.45, 2.75) is 12.5 Å². The number of rotatable bonds is 9. The van der Waals surface area contributed by atoms with Gasteiger partial charge in [-0.25, -0.2) is 13.1 Å². The standard InChI is InChI=1S/C8H20N2O4S/c1-13-7-8(14-2)6-10-15(11,12)5-3-4-9/h8,10H,3-7,9H2,1-2H3. The minimum atomic E-state index is -3.23. The Labute approximate surface area is 91.2 Å². The third-order valence-electron chi connectivity index (χ3n) is 1.83. The largest absolute Gasteiger partial charge is 0.382 e. The van der Waals surface area contributed by atoms with Crippen molar-refractivity contribution >= 4 is 10.0 Å². The minimum absolute atomic E-state index is 0.0485. The lowest BCUT2D eigenvalue weighted by Crippen LogP contribution is -2.37. The number of sulfonamides is 1. The van der Waals surface area contributed by atoms with Crippen LogP contribution in [0.5, 0.6) is 0 Å². The predicted molar refractivity (Wildman–Crippen MR) is 58.1 cm³/mol. The van der Waals surface area contributed by atoms with E-state index >= 15 is 0 Å². The van der Waals surface area contributed by atoms with Gasteiger partial charge in [0.1, 0.15) is 0 Å². The smallest absolute Gasteiger partial charge is 0.211 e. The van der Waals surface area contributed by atoms with Gasteiger partial charge in [0.15, 0.2) is 0 Å². The predicted octanol–water partition coefficient (Wildman–Crippen LogP) is -1.08. The number of hydrogen-bond donors (Lipinski definition) is 2. The summed E-state index contributed by atoms with van der Waals surface area (Å²) in [6.45, 7) is 0.944. The highest BCUT2D eigenvalue weighted by molar-refractivity contribution is 7.89. The summed E-state index contributed by atoms with van der Waals surface area (Å²) in [5, 5.41) is 0. The fourth-order valence-corrected chi connectivity index (χ4v) is 2.09. The van der Waals surface area contributed by atoms with Crippen molar-refractivity contribution < 1.29 is 17.9 Å². The molecule has 0 spiro atoms. The second kappa shape index (κ2) is 8.00. The van der Waals surface area contributed by atoms with Crippen LogP contribution in [-0.2, 0) is 19.5 Å². The maximum Gasteiger partial charge on any atom is 0.211 e. The molecule has 0 aliphatic carbocycles. The van der Waals surface area contributed by atoms with Gasteiger partial charge in [-0.2, -0.15) is 0 Å². The normalized spacial score (nSPS) is 14.1. The van der Waals surface area contributed by atoms with E-state index in [0.717, 1.165) is 0 Å². The summed E-state index contributed by atoms with van der Waals surface area (Å²) < 4.78 is 35.0. The molecule has 0 saturated heterocycles. The third kappa shape index (κ3) is 7.69. The van der Waals surface area contributed by atoms with Crippen molar-refractivity contribution in [2.75, 3.05) is 39.7 Å². The van der Waals surface area contributed by atoms with Crippen LogP contribution < -0.4 is 10.5 Å². The van der Waals surface area contributed by atoms with Gasteiger partial charge < -0.3 is 15.2 Å². The van der Waals surface area contributed by atoms with E-state index in [1.807, 2.05) is 0 Å². The van der Waals surface area contributed by atoms with E-state index in [4.69, 9.17) is 15.2 Å². The Bertz CT molecular complexity index is 243. The molecule has 0 aromatic rings. The van der Waals surface area contributed by atoms with E-state index in [2.05, 4.69) is 4.72 Å². The molecule has 0 amide bonds. The fraction of sp³-hybridized carbons (Fsp3) is 1.00. The van der Waals surface area contributed by atoms with Crippen LogP contribution >= 0.6 is 0 Å². The fourth-order valence-electron chi connectivity index (χ4n) is 0.962. The van der Waals surface area contributed by atoms with Gasteiger partial charge >= 0.3 is 0 Å². The second-order valence-electron chi connectivity index (χ2n) is 3.12. The van der Waals surface area contributed by atoms with Crippen molar-refractivity contribution in [3.8, 4) is 0 Å². The molecular weight excluding hydrogens is 220 g/mol. The van der Waals surface area contributed by atoms with Gasteiger partial charge in [-0.1, -0.05) is 0 Å². The number of methoxy groups -OCH3 is 2. The van der Waals surface area contributed by atoms with E-state index in [-0.39, 0.29) is 18.4 Å². The molecular formula is C8H20N2O4S. The van der Waals surface area contributed by atoms with Crippen LogP contribution in [0.3, 0.4) is 0 Å². The first kappa shape index (κ1) is 14.8. The number of nitrogens with one attached hydrogen (secondary N) is 1. The molecule has 0 aliphatic heterocycles. The lowest BCUT2D eigenvalue weighted by molar-refractivity contribution is 0.0320. The summed E-state index contributed by atoms with van der Waals surface area (Å²) in [5.74, 6) is 0.0485. The Morgan fingerprint density at radius 1 is 1.40 bits per heavy atom. The Balaban J connectivity index is 3.90. The first-order chi connectivity index (χ1) is 7.05. The van der Waals surface area contributed by atoms with Gasteiger partial charge in [0.05, 0.1) is 18.5 Å². The summed E-state index contributed by atoms with van der Waals surface area (Å²) >= 11 is 0. The van der Waals surface area contributed by atoms with Crippen LogP contribution in [0.4, 0.5) is 0 Å². The summed E-state index contributed by atoms with van der Waals surface area (Å²) in [5.41, 5.74) is 5.23. The van der Waals surface area contributed by atoms with E-state index in [9.17, 15) is 8.42 Å². The van der Waals surface area contributed by atoms with Crippen molar-refractivity contribution in [3.63, 3.8) is 0 Å². The lowest BCUT2D eigenvalue weighted by atomic mass is 10.4. The molecule has 15 heavy (non-hydrogen) atoms. The maximum atomic E-state index is 11.4. The highest BCUT2D eigenvalue weighted by Crippen LogP contribution is 1.93. The van der Waals surface area contributed by atoms with E-state index in [1.165, 1.54) is 14.2 Å². The van der Waals surface area contributed by atoms with Crippen LogP contribution in [0.25, 0.3) is 0 Å². The van der Waals surface area contributed by atoms with Crippen molar-refractivity contribution in [2.24, 2.45) is 5.73 Å². The van der Waals surface area contributed by atoms with Gasteiger partial charge in [-0.05, 0) is 13.0 Å². The van der Waals surface area contributed by atoms with Crippen LogP contribution in [0.1, 0.15) is 6.42 Å². The highest BCUT2D eigenvalue weighted by Gasteiger charge is 2.13. The zero-order valence-electron chi connectivity index (χ0n) is 9.23. The molecule has 92 valence electrons. The molecule has 0 fully saturated rings. The number of ether oxygens (including phenoxy) is 2. The summed E-state index contributed by atoms with van der Waals surface area (Å²) in [7, 11) is -0.184. The first-order valence-electron chi connectivity index (χ1n) is 4.75. The zero-order chi connectivity index (χ0) is 11.7. The van der Waals surface area contributed by atoms with Crippen LogP contribution in [0.2, 0.25) is 0 Å². The SMILES string of the molecule is COCC(CNS(=O)(=O)CCCN)OC. The Morgan fingerprint density at radius 3 is 2.53 bits per heavy atom. The van der Waals surface area contributed by atoms with Crippen LogP contribution in [0, 0.1) is 0 Å². The summed E-state index contributed by atoms with van der Waals surface area (Å²) in [6.07, 6.45) is 0.194. The molecule has 0 aromatic carbocycles. The summed E-state index contributed by atoms with van der Waals surface area (Å²) in [4.78, 5) is 0. The average Bonchev–Trinajstić information content (AvgIpc) is 2.21. The molecule has 1 unspecified atom stereocenters. The van der Waals surface area contributed by atoms with Crippen LogP contribution in [0.15, 0.2) is 0 Å². The molecule has 0 aromatic heterocycles. The average molecular weight is 240 g/mol. The van der Waals surface area contributed by atoms with Gasteiger partial charge in [0, 0.05) is 20.8 Å². The summed E-state index contributed by atoms with van der Waals surface area (Å²) in [6, 6.07) is 0. The van der Waals surface area contributed by atoms with Gasteiger partial charge in [0.2, 0.25) is 10.0 Å². The second-order valence-corrected chi connectivity index (χ2v) is 5.05. The quantitative estimate of drug-likeness (QED) is 0.535. The van der Waals surface area contributed by atoms with Gasteiger partial charge in [-0.15, -0.1) is 0 Å². The molecule has 0 rings (SSSR count). The Hall–Kier alpha value is -0.210. The van der Waals surface area contributed by atoms with Gasteiger partial charge in [-0.3, -0.25) is 0 Å². The molecule has 6 nitrogen and oxygen atoms in total. The van der Waals surface area contributed by atoms with Crippen molar-refractivity contribution in [1.82, 2.24) is 4.72 Å². The van der Waals surface area contributed by atoms with Gasteiger partial charge in [0.25, 0.3) is 0 Å². The van der Waals surface area contributed by atoms with Crippen molar-refractivity contribution in [3.05, 3.63) is 0 Å². The molecule has 0 aliphatic rings. The van der Waals surface area contributed by atoms with E-state index < -0.39 is 10.0 Å². The van der Waals surface area contributed by atoms with Crippen molar-refractivity contribution in [1.29, 1.82) is 0 Å². The molecule has 0 bridgehead atoms. The van der Waals surface area contributed by atoms with E-state index in [0.29, 0.717) is 19.6 Å². The highest BCUT2D eigenvalue weighted by atomic mass is 32.2. The third-order valence-corrected chi connectivity index (χ3v) is 3.27. The Kier molecular flexibility index (Phi) is 7.89. The first-order valence-corrected chi connectivity index (χ1v) is 6.40. The molecule has 1 atom stereocenters. The monoisotopic (exact) mass is 240 g/mol. The minimum Gasteiger partial charge on any atom is -0.382 e. The molecule has 3 N–H and O–H groups in total.